The highest BCUT2D eigenvalue weighted by molar-refractivity contribution is 5.26. The third-order valence-electron chi connectivity index (χ3n) is 3.36. The summed E-state index contributed by atoms with van der Waals surface area (Å²) >= 11 is 0. The number of ether oxygens (including phenoxy) is 1. The fraction of sp³-hybridized carbons (Fsp3) is 0.600. The predicted octanol–water partition coefficient (Wildman–Crippen LogP) is 3.81. The minimum atomic E-state index is -4.35. The summed E-state index contributed by atoms with van der Waals surface area (Å²) in [6.07, 6.45) is -3.68. The Morgan fingerprint density at radius 1 is 1.25 bits per heavy atom. The summed E-state index contributed by atoms with van der Waals surface area (Å²) in [5.74, 6) is 0. The van der Waals surface area contributed by atoms with E-state index in [-0.39, 0.29) is 12.0 Å². The van der Waals surface area contributed by atoms with E-state index in [2.05, 4.69) is 0 Å². The fourth-order valence-electron chi connectivity index (χ4n) is 1.87. The smallest absolute Gasteiger partial charge is 0.393 e. The first-order chi connectivity index (χ1) is 9.14. The van der Waals surface area contributed by atoms with E-state index < -0.39 is 17.8 Å². The number of benzene rings is 1. The lowest BCUT2D eigenvalue weighted by Crippen LogP contribution is -2.25. The summed E-state index contributed by atoms with van der Waals surface area (Å²) in [5.41, 5.74) is -0.531. The molecule has 0 aromatic heterocycles. The Morgan fingerprint density at radius 2 is 1.90 bits per heavy atom. The highest BCUT2D eigenvalue weighted by Gasteiger charge is 2.30. The van der Waals surface area contributed by atoms with Crippen LogP contribution in [-0.2, 0) is 17.3 Å². The number of halogens is 3. The lowest BCUT2D eigenvalue weighted by atomic mass is 9.96. The molecule has 1 aromatic carbocycles. The monoisotopic (exact) mass is 290 g/mol. The first-order valence-corrected chi connectivity index (χ1v) is 6.53. The van der Waals surface area contributed by atoms with Gasteiger partial charge in [0, 0.05) is 7.11 Å². The molecule has 0 bridgehead atoms. The van der Waals surface area contributed by atoms with Gasteiger partial charge in [0.15, 0.2) is 0 Å². The third kappa shape index (κ3) is 5.51. The molecule has 0 aliphatic heterocycles. The molecule has 0 saturated carbocycles. The Morgan fingerprint density at radius 3 is 2.45 bits per heavy atom. The van der Waals surface area contributed by atoms with Gasteiger partial charge >= 0.3 is 6.18 Å². The average molecular weight is 290 g/mol. The number of aliphatic hydroxyl groups is 1. The summed E-state index contributed by atoms with van der Waals surface area (Å²) in [6, 6.07) is 5.08. The minimum absolute atomic E-state index is 0.212. The summed E-state index contributed by atoms with van der Waals surface area (Å²) < 4.78 is 43.0. The van der Waals surface area contributed by atoms with Gasteiger partial charge in [0.05, 0.1) is 17.3 Å². The van der Waals surface area contributed by atoms with Crippen molar-refractivity contribution < 1.29 is 23.0 Å². The molecule has 0 amide bonds. The van der Waals surface area contributed by atoms with Crippen molar-refractivity contribution >= 4 is 0 Å². The van der Waals surface area contributed by atoms with Crippen LogP contribution in [0.3, 0.4) is 0 Å². The summed E-state index contributed by atoms with van der Waals surface area (Å²) in [4.78, 5) is 0. The van der Waals surface area contributed by atoms with Gasteiger partial charge in [-0.05, 0) is 44.7 Å². The van der Waals surface area contributed by atoms with Gasteiger partial charge in [0.25, 0.3) is 0 Å². The molecule has 114 valence electrons. The first-order valence-electron chi connectivity index (χ1n) is 6.53. The Balaban J connectivity index is 2.60. The molecule has 1 unspecified atom stereocenters. The molecule has 20 heavy (non-hydrogen) atoms. The number of hydrogen-bond donors (Lipinski definition) is 1. The first kappa shape index (κ1) is 17.0. The molecule has 0 radical (unpaired) electrons. The Bertz CT molecular complexity index is 427. The number of hydrogen-bond acceptors (Lipinski definition) is 2. The normalized spacial score (nSPS) is 14.3. The zero-order valence-corrected chi connectivity index (χ0v) is 12.0. The number of alkyl halides is 3. The molecule has 0 aliphatic rings. The second-order valence-corrected chi connectivity index (χ2v) is 5.56. The van der Waals surface area contributed by atoms with Gasteiger partial charge in [0.1, 0.15) is 0 Å². The standard InChI is InChI=1S/C15H21F3O2/c1-14(2,20-3)8-7-13(19)10-11-5-4-6-12(9-11)15(16,17)18/h4-6,9,13,19H,7-8,10H2,1-3H3. The van der Waals surface area contributed by atoms with Crippen LogP contribution in [0.4, 0.5) is 13.2 Å². The lowest BCUT2D eigenvalue weighted by Gasteiger charge is -2.24. The molecule has 5 heteroatoms. The number of methoxy groups -OCH3 is 1. The molecule has 1 rings (SSSR count). The lowest BCUT2D eigenvalue weighted by molar-refractivity contribution is -0.137. The molecule has 1 atom stereocenters. The van der Waals surface area contributed by atoms with Gasteiger partial charge in [-0.3, -0.25) is 0 Å². The molecule has 0 spiro atoms. The van der Waals surface area contributed by atoms with Gasteiger partial charge in [0.2, 0.25) is 0 Å². The van der Waals surface area contributed by atoms with E-state index in [4.69, 9.17) is 4.74 Å². The Hall–Kier alpha value is -1.07. The maximum atomic E-state index is 12.6. The average Bonchev–Trinajstić information content (AvgIpc) is 2.36. The zero-order valence-electron chi connectivity index (χ0n) is 12.0. The van der Waals surface area contributed by atoms with Crippen LogP contribution in [0.5, 0.6) is 0 Å². The van der Waals surface area contributed by atoms with E-state index in [1.807, 2.05) is 13.8 Å². The van der Waals surface area contributed by atoms with Crippen LogP contribution >= 0.6 is 0 Å². The molecule has 0 heterocycles. The van der Waals surface area contributed by atoms with Gasteiger partial charge in [-0.25, -0.2) is 0 Å². The summed E-state index contributed by atoms with van der Waals surface area (Å²) in [7, 11) is 1.60. The largest absolute Gasteiger partial charge is 0.416 e. The zero-order chi connectivity index (χ0) is 15.4. The van der Waals surface area contributed by atoms with E-state index in [1.54, 1.807) is 13.2 Å². The Kier molecular flexibility index (Phi) is 5.59. The predicted molar refractivity (Wildman–Crippen MR) is 71.5 cm³/mol. The second kappa shape index (κ2) is 6.59. The van der Waals surface area contributed by atoms with Gasteiger partial charge < -0.3 is 9.84 Å². The number of aliphatic hydroxyl groups excluding tert-OH is 1. The number of rotatable bonds is 6. The molecule has 0 fully saturated rings. The van der Waals surface area contributed by atoms with Crippen LogP contribution in [0.1, 0.15) is 37.8 Å². The quantitative estimate of drug-likeness (QED) is 0.863. The topological polar surface area (TPSA) is 29.5 Å². The van der Waals surface area contributed by atoms with E-state index in [9.17, 15) is 18.3 Å². The fourth-order valence-corrected chi connectivity index (χ4v) is 1.87. The van der Waals surface area contributed by atoms with Crippen molar-refractivity contribution in [3.05, 3.63) is 35.4 Å². The van der Waals surface area contributed by atoms with Crippen LogP contribution in [0, 0.1) is 0 Å². The van der Waals surface area contributed by atoms with Gasteiger partial charge in [-0.15, -0.1) is 0 Å². The third-order valence-corrected chi connectivity index (χ3v) is 3.36. The van der Waals surface area contributed by atoms with Crippen molar-refractivity contribution in [2.24, 2.45) is 0 Å². The van der Waals surface area contributed by atoms with Crippen LogP contribution in [0.15, 0.2) is 24.3 Å². The van der Waals surface area contributed by atoms with Crippen molar-refractivity contribution in [2.45, 2.75) is 51.0 Å². The van der Waals surface area contributed by atoms with Crippen molar-refractivity contribution in [2.75, 3.05) is 7.11 Å². The van der Waals surface area contributed by atoms with E-state index >= 15 is 0 Å². The van der Waals surface area contributed by atoms with Gasteiger partial charge in [-0.2, -0.15) is 13.2 Å². The van der Waals surface area contributed by atoms with Crippen LogP contribution in [-0.4, -0.2) is 23.9 Å². The SMILES string of the molecule is COC(C)(C)CCC(O)Cc1cccc(C(F)(F)F)c1. The van der Waals surface area contributed by atoms with Crippen molar-refractivity contribution in [3.8, 4) is 0 Å². The van der Waals surface area contributed by atoms with Crippen LogP contribution in [0.25, 0.3) is 0 Å². The molecular formula is C15H21F3O2. The van der Waals surface area contributed by atoms with Crippen molar-refractivity contribution in [1.82, 2.24) is 0 Å². The van der Waals surface area contributed by atoms with E-state index in [0.29, 0.717) is 18.4 Å². The maximum Gasteiger partial charge on any atom is 0.416 e. The molecular weight excluding hydrogens is 269 g/mol. The van der Waals surface area contributed by atoms with Crippen molar-refractivity contribution in [1.29, 1.82) is 0 Å². The van der Waals surface area contributed by atoms with E-state index in [0.717, 1.165) is 12.1 Å². The highest BCUT2D eigenvalue weighted by atomic mass is 19.4. The Labute approximate surface area is 117 Å². The van der Waals surface area contributed by atoms with Gasteiger partial charge in [-0.1, -0.05) is 18.2 Å². The highest BCUT2D eigenvalue weighted by Crippen LogP contribution is 2.30. The van der Waals surface area contributed by atoms with Crippen molar-refractivity contribution in [3.63, 3.8) is 0 Å². The maximum absolute atomic E-state index is 12.6. The molecule has 1 N–H and O–H groups in total. The van der Waals surface area contributed by atoms with E-state index in [1.165, 1.54) is 6.07 Å². The van der Waals surface area contributed by atoms with Crippen LogP contribution in [0.2, 0.25) is 0 Å². The molecule has 0 saturated heterocycles. The molecule has 2 nitrogen and oxygen atoms in total. The second-order valence-electron chi connectivity index (χ2n) is 5.56. The molecule has 1 aromatic rings. The summed E-state index contributed by atoms with van der Waals surface area (Å²) in [6.45, 7) is 3.81. The summed E-state index contributed by atoms with van der Waals surface area (Å²) in [5, 5.41) is 9.92. The van der Waals surface area contributed by atoms with Crippen LogP contribution < -0.4 is 0 Å². The minimum Gasteiger partial charge on any atom is -0.393 e. The molecule has 0 aliphatic carbocycles.